The highest BCUT2D eigenvalue weighted by molar-refractivity contribution is 7.10. The van der Waals surface area contributed by atoms with Crippen LogP contribution in [0.25, 0.3) is 5.76 Å². The summed E-state index contributed by atoms with van der Waals surface area (Å²) >= 11 is 1.42. The van der Waals surface area contributed by atoms with Crippen LogP contribution in [0.1, 0.15) is 38.2 Å². The van der Waals surface area contributed by atoms with Crippen molar-refractivity contribution in [2.24, 2.45) is 0 Å². The average molecular weight is 474 g/mol. The maximum atomic E-state index is 13.2. The third-order valence-electron chi connectivity index (χ3n) is 6.18. The van der Waals surface area contributed by atoms with Gasteiger partial charge in [0.1, 0.15) is 11.5 Å². The molecule has 2 N–H and O–H groups in total. The van der Waals surface area contributed by atoms with E-state index >= 15 is 0 Å². The maximum Gasteiger partial charge on any atom is 0.354 e. The number of ether oxygens (including phenoxy) is 2. The minimum Gasteiger partial charge on any atom is -0.507 e. The lowest BCUT2D eigenvalue weighted by Crippen LogP contribution is -2.42. The van der Waals surface area contributed by atoms with Gasteiger partial charge >= 0.3 is 5.97 Å². The number of likely N-dealkylation sites (tertiary alicyclic amines) is 1. The normalized spacial score (nSPS) is 21.1. The molecule has 33 heavy (non-hydrogen) atoms. The Morgan fingerprint density at radius 1 is 1.27 bits per heavy atom. The van der Waals surface area contributed by atoms with Crippen molar-refractivity contribution in [3.63, 3.8) is 0 Å². The van der Waals surface area contributed by atoms with E-state index in [9.17, 15) is 19.5 Å². The highest BCUT2D eigenvalue weighted by atomic mass is 32.1. The lowest BCUT2D eigenvalue weighted by molar-refractivity contribution is -0.140. The fourth-order valence-electron chi connectivity index (χ4n) is 4.47. The number of amides is 1. The number of Topliss-reactive ketones (excluding diaryl/α,β-unsaturated/α-hetero) is 1. The summed E-state index contributed by atoms with van der Waals surface area (Å²) in [4.78, 5) is 45.8. The van der Waals surface area contributed by atoms with Crippen molar-refractivity contribution in [1.82, 2.24) is 14.8 Å². The Hall–Kier alpha value is -2.95. The van der Waals surface area contributed by atoms with Gasteiger partial charge in [-0.25, -0.2) is 4.79 Å². The number of aromatic nitrogens is 1. The number of morpholine rings is 1. The number of aromatic amines is 1. The zero-order valence-corrected chi connectivity index (χ0v) is 19.7. The second kappa shape index (κ2) is 9.50. The van der Waals surface area contributed by atoms with Gasteiger partial charge in [0.25, 0.3) is 11.7 Å². The number of ketones is 1. The number of esters is 1. The van der Waals surface area contributed by atoms with E-state index in [1.807, 2.05) is 17.5 Å². The highest BCUT2D eigenvalue weighted by Gasteiger charge is 2.47. The van der Waals surface area contributed by atoms with Crippen molar-refractivity contribution in [3.8, 4) is 0 Å². The van der Waals surface area contributed by atoms with Crippen molar-refractivity contribution in [2.75, 3.05) is 46.5 Å². The quantitative estimate of drug-likeness (QED) is 0.286. The van der Waals surface area contributed by atoms with E-state index in [0.29, 0.717) is 43.1 Å². The number of carbonyl (C=O) groups excluding carboxylic acids is 3. The Kier molecular flexibility index (Phi) is 6.68. The van der Waals surface area contributed by atoms with Crippen LogP contribution in [0, 0.1) is 13.8 Å². The zero-order valence-electron chi connectivity index (χ0n) is 18.8. The van der Waals surface area contributed by atoms with E-state index in [1.54, 1.807) is 13.8 Å². The van der Waals surface area contributed by atoms with E-state index < -0.39 is 23.7 Å². The number of aliphatic hydroxyl groups is 1. The molecular weight excluding hydrogens is 446 g/mol. The fourth-order valence-corrected chi connectivity index (χ4v) is 5.32. The molecule has 9 nitrogen and oxygen atoms in total. The molecule has 0 aliphatic carbocycles. The molecule has 2 aliphatic heterocycles. The molecule has 1 amide bonds. The van der Waals surface area contributed by atoms with Crippen LogP contribution >= 0.6 is 11.3 Å². The first-order valence-corrected chi connectivity index (χ1v) is 11.6. The third-order valence-corrected chi connectivity index (χ3v) is 7.10. The van der Waals surface area contributed by atoms with Crippen LogP contribution in [-0.2, 0) is 19.1 Å². The number of hydrogen-bond acceptors (Lipinski definition) is 8. The van der Waals surface area contributed by atoms with Crippen molar-refractivity contribution < 1.29 is 29.0 Å². The Bertz CT molecular complexity index is 1100. The number of thiophene rings is 1. The molecule has 10 heteroatoms. The number of aliphatic hydroxyl groups excluding tert-OH is 1. The number of H-pyrrole nitrogens is 1. The van der Waals surface area contributed by atoms with Crippen molar-refractivity contribution in [1.29, 1.82) is 0 Å². The molecule has 1 unspecified atom stereocenters. The van der Waals surface area contributed by atoms with Gasteiger partial charge < -0.3 is 24.5 Å². The second-order valence-electron chi connectivity index (χ2n) is 8.08. The molecule has 1 atom stereocenters. The molecule has 2 fully saturated rings. The van der Waals surface area contributed by atoms with Gasteiger partial charge in [-0.3, -0.25) is 14.5 Å². The molecular formula is C23H27N3O6S. The SMILES string of the molecule is COC(=O)c1[nH]c(C)c(C(O)=C2C(=O)C(=O)N(CCN3CCOCC3)C2c2cccs2)c1C. The van der Waals surface area contributed by atoms with Crippen LogP contribution < -0.4 is 0 Å². The molecule has 4 heterocycles. The average Bonchev–Trinajstić information content (AvgIpc) is 3.51. The Morgan fingerprint density at radius 3 is 2.64 bits per heavy atom. The monoisotopic (exact) mass is 473 g/mol. The summed E-state index contributed by atoms with van der Waals surface area (Å²) in [5, 5.41) is 13.2. The van der Waals surface area contributed by atoms with Gasteiger partial charge in [-0.2, -0.15) is 0 Å². The van der Waals surface area contributed by atoms with Gasteiger partial charge in [-0.1, -0.05) is 6.07 Å². The molecule has 0 saturated carbocycles. The van der Waals surface area contributed by atoms with Crippen LogP contribution in [0.4, 0.5) is 0 Å². The topological polar surface area (TPSA) is 112 Å². The van der Waals surface area contributed by atoms with Crippen LogP contribution in [0.2, 0.25) is 0 Å². The summed E-state index contributed by atoms with van der Waals surface area (Å²) in [7, 11) is 1.27. The zero-order chi connectivity index (χ0) is 23.7. The van der Waals surface area contributed by atoms with E-state index in [2.05, 4.69) is 9.88 Å². The number of carbonyl (C=O) groups is 3. The Morgan fingerprint density at radius 2 is 2.00 bits per heavy atom. The van der Waals surface area contributed by atoms with E-state index in [4.69, 9.17) is 9.47 Å². The molecule has 2 aromatic rings. The molecule has 2 saturated heterocycles. The van der Waals surface area contributed by atoms with Crippen molar-refractivity contribution in [3.05, 3.63) is 50.5 Å². The minimum atomic E-state index is -0.729. The predicted octanol–water partition coefficient (Wildman–Crippen LogP) is 2.23. The number of methoxy groups -OCH3 is 1. The molecule has 2 aliphatic rings. The number of hydrogen-bond donors (Lipinski definition) is 2. The standard InChI is InChI=1S/C23H27N3O6S/c1-13-16(14(2)24-18(13)23(30)31-3)20(27)17-19(15-5-4-12-33-15)26(22(29)21(17)28)7-6-25-8-10-32-11-9-25/h4-5,12,19,24,27H,6-11H2,1-3H3. The van der Waals surface area contributed by atoms with E-state index in [-0.39, 0.29) is 17.0 Å². The van der Waals surface area contributed by atoms with Gasteiger partial charge in [0, 0.05) is 42.3 Å². The van der Waals surface area contributed by atoms with Crippen LogP contribution in [0.15, 0.2) is 23.1 Å². The summed E-state index contributed by atoms with van der Waals surface area (Å²) < 4.78 is 10.2. The lowest BCUT2D eigenvalue weighted by atomic mass is 9.97. The van der Waals surface area contributed by atoms with Gasteiger partial charge in [0.05, 0.1) is 31.9 Å². The first-order chi connectivity index (χ1) is 15.8. The van der Waals surface area contributed by atoms with Crippen LogP contribution in [-0.4, -0.2) is 84.1 Å². The Balaban J connectivity index is 1.75. The molecule has 0 bridgehead atoms. The van der Waals surface area contributed by atoms with Gasteiger partial charge in [0.2, 0.25) is 0 Å². The molecule has 176 valence electrons. The lowest BCUT2D eigenvalue weighted by Gasteiger charge is -2.30. The predicted molar refractivity (Wildman–Crippen MR) is 122 cm³/mol. The van der Waals surface area contributed by atoms with Crippen LogP contribution in [0.3, 0.4) is 0 Å². The molecule has 2 aromatic heterocycles. The number of nitrogens with zero attached hydrogens (tertiary/aromatic N) is 2. The minimum absolute atomic E-state index is 0.0334. The summed E-state index contributed by atoms with van der Waals surface area (Å²) in [6.45, 7) is 7.14. The van der Waals surface area contributed by atoms with E-state index in [0.717, 1.165) is 18.0 Å². The summed E-state index contributed by atoms with van der Waals surface area (Å²) in [5.41, 5.74) is 1.54. The first kappa shape index (κ1) is 23.2. The second-order valence-corrected chi connectivity index (χ2v) is 9.06. The number of nitrogens with one attached hydrogen (secondary N) is 1. The molecule has 0 radical (unpaired) electrons. The molecule has 4 rings (SSSR count). The van der Waals surface area contributed by atoms with E-state index in [1.165, 1.54) is 23.3 Å². The molecule has 0 spiro atoms. The summed E-state index contributed by atoms with van der Waals surface area (Å²) in [6.07, 6.45) is 0. The Labute approximate surface area is 195 Å². The smallest absolute Gasteiger partial charge is 0.354 e. The van der Waals surface area contributed by atoms with Gasteiger partial charge in [-0.15, -0.1) is 11.3 Å². The van der Waals surface area contributed by atoms with Crippen molar-refractivity contribution in [2.45, 2.75) is 19.9 Å². The highest BCUT2D eigenvalue weighted by Crippen LogP contribution is 2.42. The van der Waals surface area contributed by atoms with Crippen LogP contribution in [0.5, 0.6) is 0 Å². The van der Waals surface area contributed by atoms with Gasteiger partial charge in [-0.05, 0) is 30.9 Å². The third kappa shape index (κ3) is 4.21. The summed E-state index contributed by atoms with van der Waals surface area (Å²) in [5.74, 6) is -2.23. The fraction of sp³-hybridized carbons (Fsp3) is 0.435. The first-order valence-electron chi connectivity index (χ1n) is 10.7. The summed E-state index contributed by atoms with van der Waals surface area (Å²) in [6, 6.07) is 3.01. The largest absolute Gasteiger partial charge is 0.507 e. The maximum absolute atomic E-state index is 13.2. The number of aryl methyl sites for hydroxylation is 1. The molecule has 0 aromatic carbocycles. The number of rotatable bonds is 6. The van der Waals surface area contributed by atoms with Gasteiger partial charge in [0.15, 0.2) is 0 Å². The van der Waals surface area contributed by atoms with Crippen molar-refractivity contribution >= 4 is 34.8 Å².